The van der Waals surface area contributed by atoms with Crippen LogP contribution in [0.25, 0.3) is 0 Å². The fourth-order valence-corrected chi connectivity index (χ4v) is 13.2. The van der Waals surface area contributed by atoms with E-state index in [0.717, 1.165) is 26.4 Å². The summed E-state index contributed by atoms with van der Waals surface area (Å²) in [6, 6.07) is 0. The summed E-state index contributed by atoms with van der Waals surface area (Å²) in [7, 11) is -1.71. The van der Waals surface area contributed by atoms with Crippen LogP contribution in [-0.2, 0) is 9.47 Å². The van der Waals surface area contributed by atoms with Crippen molar-refractivity contribution in [3.63, 3.8) is 0 Å². The Morgan fingerprint density at radius 2 is 0.724 bits per heavy atom. The summed E-state index contributed by atoms with van der Waals surface area (Å²) in [5.41, 5.74) is 2.65. The quantitative estimate of drug-likeness (QED) is 0.312. The largest absolute Gasteiger partial charge is 0.381 e. The van der Waals surface area contributed by atoms with E-state index in [0.29, 0.717) is 0 Å². The topological polar surface area (TPSA) is 18.5 Å². The molecular formula is C23H43LiO2Si2Sm-. The van der Waals surface area contributed by atoms with Crippen molar-refractivity contribution in [1.29, 1.82) is 0 Å². The van der Waals surface area contributed by atoms with E-state index in [1.165, 1.54) is 25.7 Å². The van der Waals surface area contributed by atoms with Crippen LogP contribution in [-0.4, -0.2) is 61.4 Å². The van der Waals surface area contributed by atoms with Gasteiger partial charge < -0.3 is 15.1 Å². The fourth-order valence-electron chi connectivity index (χ4n) is 2.83. The predicted molar refractivity (Wildman–Crippen MR) is 131 cm³/mol. The first-order chi connectivity index (χ1) is 12.7. The second-order valence-electron chi connectivity index (χ2n) is 9.05. The van der Waals surface area contributed by atoms with Crippen LogP contribution in [0.4, 0.5) is 0 Å². The molecule has 2 heterocycles. The Kier molecular flexibility index (Phi) is 29.0. The van der Waals surface area contributed by atoms with Crippen LogP contribution in [0.5, 0.6) is 0 Å². The fraction of sp³-hybridized carbons (Fsp3) is 0.609. The predicted octanol–water partition coefficient (Wildman–Crippen LogP) is 5.79. The smallest absolute Gasteiger partial charge is 0.0466 e. The molecule has 0 spiro atoms. The Balaban J connectivity index is -0.000000311. The Labute approximate surface area is 231 Å². The second-order valence-corrected chi connectivity index (χ2v) is 19.7. The minimum absolute atomic E-state index is 0. The molecular weight excluding hydrogens is 522 g/mol. The average molecular weight is 565 g/mol. The van der Waals surface area contributed by atoms with Gasteiger partial charge in [0.05, 0.1) is 0 Å². The van der Waals surface area contributed by atoms with E-state index >= 15 is 0 Å². The first-order valence-corrected chi connectivity index (χ1v) is 17.6. The number of rotatable bonds is 2. The molecule has 6 heteroatoms. The summed E-state index contributed by atoms with van der Waals surface area (Å²) in [5, 5.41) is 0. The van der Waals surface area contributed by atoms with E-state index in [1.807, 2.05) is 51.4 Å². The standard InChI is InChI=1S/C8H8.C7H19Si2.2C4H8O.Li.Sm/c1-2-4-6-8-7-5-3-1;1-8(2,3)7-9(4,5)6;2*1-2-4-5-3-1;;/h1-8H;7H,1-6H3;2*1-4H2;;/q;-1;;;;. The number of hydrogen-bond donors (Lipinski definition) is 0. The summed E-state index contributed by atoms with van der Waals surface area (Å²) in [6.45, 7) is 18.4. The van der Waals surface area contributed by atoms with Crippen molar-refractivity contribution in [3.05, 3.63) is 57.0 Å². The van der Waals surface area contributed by atoms with E-state index < -0.39 is 16.1 Å². The van der Waals surface area contributed by atoms with Crippen LogP contribution in [0.2, 0.25) is 39.3 Å². The van der Waals surface area contributed by atoms with Gasteiger partial charge in [-0.25, -0.2) is 0 Å². The molecule has 2 saturated heterocycles. The molecule has 0 bridgehead atoms. The summed E-state index contributed by atoms with van der Waals surface area (Å²) in [5.74, 6) is 0. The van der Waals surface area contributed by atoms with Crippen molar-refractivity contribution in [1.82, 2.24) is 0 Å². The molecule has 163 valence electrons. The maximum Gasteiger partial charge on any atom is 0.0466 e. The van der Waals surface area contributed by atoms with Gasteiger partial charge in [-0.15, -0.1) is 16.1 Å². The maximum atomic E-state index is 4.94. The Bertz CT molecular complexity index is 252. The minimum atomic E-state index is -0.856. The average Bonchev–Trinajstić information content (AvgIpc) is 3.23. The molecule has 1 saturated carbocycles. The normalized spacial score (nSPS) is 19.2. The first kappa shape index (κ1) is 35.9. The van der Waals surface area contributed by atoms with Crippen molar-refractivity contribution >= 4 is 35.0 Å². The molecule has 29 heavy (non-hydrogen) atoms. The molecule has 2 nitrogen and oxygen atoms in total. The Morgan fingerprint density at radius 1 is 0.517 bits per heavy atom. The van der Waals surface area contributed by atoms with Gasteiger partial charge in [0, 0.05) is 85.7 Å². The van der Waals surface area contributed by atoms with Crippen molar-refractivity contribution in [3.8, 4) is 0 Å². The molecule has 1 aliphatic carbocycles. The van der Waals surface area contributed by atoms with Crippen molar-refractivity contribution in [2.24, 2.45) is 0 Å². The zero-order chi connectivity index (χ0) is 20.4. The molecule has 2 aliphatic heterocycles. The van der Waals surface area contributed by atoms with E-state index in [1.54, 1.807) is 0 Å². The van der Waals surface area contributed by atoms with Gasteiger partial charge in [0.1, 0.15) is 0 Å². The monoisotopic (exact) mass is 566 g/mol. The van der Waals surface area contributed by atoms with Crippen molar-refractivity contribution in [2.75, 3.05) is 26.4 Å². The van der Waals surface area contributed by atoms with Gasteiger partial charge in [0.15, 0.2) is 0 Å². The molecule has 3 rings (SSSR count). The van der Waals surface area contributed by atoms with Gasteiger partial charge in [-0.1, -0.05) is 39.3 Å². The van der Waals surface area contributed by atoms with E-state index in [4.69, 9.17) is 9.47 Å². The van der Waals surface area contributed by atoms with Gasteiger partial charge in [0.25, 0.3) is 0 Å². The van der Waals surface area contributed by atoms with Crippen LogP contribution >= 0.6 is 0 Å². The Morgan fingerprint density at radius 3 is 0.793 bits per heavy atom. The maximum absolute atomic E-state index is 4.94. The van der Waals surface area contributed by atoms with Crippen molar-refractivity contribution < 1.29 is 49.9 Å². The molecule has 3 fully saturated rings. The SMILES string of the molecule is C1CCOC1.C1CCOC1.C[Si](C)(C)[CH-][Si](C)(C)C.[CH]1[CH][CH][CH][CH][CH][CH][CH]1.[Li].[Sm]. The number of hydrogen-bond acceptors (Lipinski definition) is 2. The molecule has 9 radical (unpaired) electrons. The van der Waals surface area contributed by atoms with Crippen LogP contribution in [0.15, 0.2) is 0 Å². The van der Waals surface area contributed by atoms with Gasteiger partial charge in [-0.05, 0) is 77.0 Å². The van der Waals surface area contributed by atoms with Crippen LogP contribution in [0, 0.1) is 97.4 Å². The van der Waals surface area contributed by atoms with Gasteiger partial charge in [0.2, 0.25) is 0 Å². The van der Waals surface area contributed by atoms with E-state index in [-0.39, 0.29) is 59.2 Å². The third-order valence-corrected chi connectivity index (χ3v) is 10.3. The third-order valence-electron chi connectivity index (χ3n) is 3.41. The number of ether oxygens (including phenoxy) is 2. The third kappa shape index (κ3) is 35.1. The molecule has 0 N–H and O–H groups in total. The van der Waals surface area contributed by atoms with Gasteiger partial charge >= 0.3 is 0 Å². The first-order valence-electron chi connectivity index (χ1n) is 10.4. The summed E-state index contributed by atoms with van der Waals surface area (Å²) < 4.78 is 9.89. The van der Waals surface area contributed by atoms with Crippen LogP contribution in [0.3, 0.4) is 0 Å². The van der Waals surface area contributed by atoms with Crippen molar-refractivity contribution in [2.45, 2.75) is 65.0 Å². The Hall–Kier alpha value is 2.29. The minimum Gasteiger partial charge on any atom is -0.381 e. The molecule has 0 unspecified atom stereocenters. The zero-order valence-corrected chi connectivity index (χ0v) is 24.7. The molecule has 3 aliphatic rings. The van der Waals surface area contributed by atoms with E-state index in [2.05, 4.69) is 44.9 Å². The summed E-state index contributed by atoms with van der Waals surface area (Å²) >= 11 is 0. The van der Waals surface area contributed by atoms with Gasteiger partial charge in [-0.2, -0.15) is 0 Å². The molecule has 0 amide bonds. The van der Waals surface area contributed by atoms with Crippen LogP contribution in [0.1, 0.15) is 25.7 Å². The summed E-state index contributed by atoms with van der Waals surface area (Å²) in [6.07, 6.45) is 21.1. The molecule has 0 aromatic heterocycles. The molecule has 0 aromatic carbocycles. The zero-order valence-electron chi connectivity index (χ0n) is 20.1. The van der Waals surface area contributed by atoms with Crippen LogP contribution < -0.4 is 0 Å². The molecule has 0 atom stereocenters. The van der Waals surface area contributed by atoms with E-state index in [9.17, 15) is 0 Å². The second kappa shape index (κ2) is 23.4. The van der Waals surface area contributed by atoms with Gasteiger partial charge in [-0.3, -0.25) is 0 Å². The molecule has 0 aromatic rings. The summed E-state index contributed by atoms with van der Waals surface area (Å²) in [4.78, 5) is 0.